The van der Waals surface area contributed by atoms with Crippen molar-refractivity contribution >= 4 is 0 Å². The molecule has 1 saturated heterocycles. The van der Waals surface area contributed by atoms with Crippen LogP contribution in [-0.4, -0.2) is 36.1 Å². The molecule has 4 heteroatoms. The van der Waals surface area contributed by atoms with E-state index in [1.165, 1.54) is 0 Å². The standard InChI is InChI=1S/C14H19N3O/c1-10-8-14(13(9-15)11(2)16-10)18-12-4-6-17(3)7-5-12/h8,12H,4-7H2,1-3H3. The fourth-order valence-electron chi connectivity index (χ4n) is 2.30. The smallest absolute Gasteiger partial charge is 0.141 e. The average molecular weight is 245 g/mol. The summed E-state index contributed by atoms with van der Waals surface area (Å²) in [4.78, 5) is 6.60. The summed E-state index contributed by atoms with van der Waals surface area (Å²) in [6.45, 7) is 5.88. The molecule has 0 radical (unpaired) electrons. The first-order valence-corrected chi connectivity index (χ1v) is 6.33. The molecule has 0 bridgehead atoms. The number of nitriles is 1. The Hall–Kier alpha value is -1.60. The number of piperidine rings is 1. The van der Waals surface area contributed by atoms with Gasteiger partial charge in [0.1, 0.15) is 23.5 Å². The number of ether oxygens (including phenoxy) is 1. The van der Waals surface area contributed by atoms with Crippen LogP contribution in [0.2, 0.25) is 0 Å². The van der Waals surface area contributed by atoms with Crippen molar-refractivity contribution in [2.75, 3.05) is 20.1 Å². The number of likely N-dealkylation sites (tertiary alicyclic amines) is 1. The van der Waals surface area contributed by atoms with Gasteiger partial charge in [0.25, 0.3) is 0 Å². The molecule has 0 spiro atoms. The summed E-state index contributed by atoms with van der Waals surface area (Å²) in [7, 11) is 2.12. The number of hydrogen-bond donors (Lipinski definition) is 0. The summed E-state index contributed by atoms with van der Waals surface area (Å²) >= 11 is 0. The normalized spacial score (nSPS) is 17.4. The van der Waals surface area contributed by atoms with Gasteiger partial charge in [0.2, 0.25) is 0 Å². The third-order valence-corrected chi connectivity index (χ3v) is 3.36. The zero-order valence-corrected chi connectivity index (χ0v) is 11.2. The van der Waals surface area contributed by atoms with Crippen molar-refractivity contribution in [3.05, 3.63) is 23.0 Å². The summed E-state index contributed by atoms with van der Waals surface area (Å²) in [5.74, 6) is 0.692. The molecule has 1 fully saturated rings. The van der Waals surface area contributed by atoms with E-state index in [0.29, 0.717) is 11.3 Å². The topological polar surface area (TPSA) is 49.1 Å². The quantitative estimate of drug-likeness (QED) is 0.800. The minimum Gasteiger partial charge on any atom is -0.489 e. The third kappa shape index (κ3) is 2.80. The minimum atomic E-state index is 0.217. The van der Waals surface area contributed by atoms with Gasteiger partial charge in [-0.25, -0.2) is 0 Å². The van der Waals surface area contributed by atoms with E-state index in [2.05, 4.69) is 23.0 Å². The van der Waals surface area contributed by atoms with Crippen LogP contribution in [0.3, 0.4) is 0 Å². The first-order valence-electron chi connectivity index (χ1n) is 6.33. The summed E-state index contributed by atoms with van der Waals surface area (Å²) in [5, 5.41) is 9.18. The van der Waals surface area contributed by atoms with Crippen LogP contribution in [0.4, 0.5) is 0 Å². The Bertz CT molecular complexity index is 471. The Morgan fingerprint density at radius 1 is 1.39 bits per heavy atom. The van der Waals surface area contributed by atoms with Gasteiger partial charge < -0.3 is 9.64 Å². The van der Waals surface area contributed by atoms with Crippen molar-refractivity contribution in [1.29, 1.82) is 5.26 Å². The van der Waals surface area contributed by atoms with E-state index in [-0.39, 0.29) is 6.10 Å². The van der Waals surface area contributed by atoms with Crippen molar-refractivity contribution < 1.29 is 4.74 Å². The average Bonchev–Trinajstić information content (AvgIpc) is 2.32. The highest BCUT2D eigenvalue weighted by atomic mass is 16.5. The summed E-state index contributed by atoms with van der Waals surface area (Å²) in [6, 6.07) is 4.06. The van der Waals surface area contributed by atoms with Crippen molar-refractivity contribution in [2.24, 2.45) is 0 Å². The molecule has 1 aromatic rings. The van der Waals surface area contributed by atoms with E-state index in [0.717, 1.165) is 37.3 Å². The van der Waals surface area contributed by atoms with Crippen LogP contribution in [0.5, 0.6) is 5.75 Å². The highest BCUT2D eigenvalue weighted by molar-refractivity contribution is 5.46. The molecule has 0 aromatic carbocycles. The molecule has 2 rings (SSSR count). The lowest BCUT2D eigenvalue weighted by Crippen LogP contribution is -2.35. The van der Waals surface area contributed by atoms with E-state index in [4.69, 9.17) is 4.74 Å². The third-order valence-electron chi connectivity index (χ3n) is 3.36. The van der Waals surface area contributed by atoms with Gasteiger partial charge >= 0.3 is 0 Å². The van der Waals surface area contributed by atoms with Crippen LogP contribution < -0.4 is 4.74 Å². The maximum absolute atomic E-state index is 9.18. The molecular formula is C14H19N3O. The molecule has 0 aliphatic carbocycles. The zero-order chi connectivity index (χ0) is 13.1. The van der Waals surface area contributed by atoms with Crippen LogP contribution in [0.1, 0.15) is 29.8 Å². The second-order valence-electron chi connectivity index (χ2n) is 4.95. The largest absolute Gasteiger partial charge is 0.489 e. The highest BCUT2D eigenvalue weighted by Crippen LogP contribution is 2.25. The summed E-state index contributed by atoms with van der Waals surface area (Å²) in [5.41, 5.74) is 2.22. The van der Waals surface area contributed by atoms with Crippen LogP contribution in [-0.2, 0) is 0 Å². The zero-order valence-electron chi connectivity index (χ0n) is 11.2. The number of nitrogens with zero attached hydrogens (tertiary/aromatic N) is 3. The van der Waals surface area contributed by atoms with Gasteiger partial charge in [0.05, 0.1) is 5.69 Å². The van der Waals surface area contributed by atoms with Crippen LogP contribution in [0.25, 0.3) is 0 Å². The molecule has 0 N–H and O–H groups in total. The fraction of sp³-hybridized carbons (Fsp3) is 0.571. The SMILES string of the molecule is Cc1cc(OC2CCN(C)CC2)c(C#N)c(C)n1. The van der Waals surface area contributed by atoms with Crippen LogP contribution in [0, 0.1) is 25.2 Å². The molecule has 0 unspecified atom stereocenters. The van der Waals surface area contributed by atoms with Gasteiger partial charge in [-0.3, -0.25) is 4.98 Å². The highest BCUT2D eigenvalue weighted by Gasteiger charge is 2.20. The maximum atomic E-state index is 9.18. The molecule has 0 atom stereocenters. The van der Waals surface area contributed by atoms with Crippen molar-refractivity contribution in [2.45, 2.75) is 32.8 Å². The number of hydrogen-bond acceptors (Lipinski definition) is 4. The van der Waals surface area contributed by atoms with Crippen molar-refractivity contribution in [3.63, 3.8) is 0 Å². The van der Waals surface area contributed by atoms with Gasteiger partial charge in [0.15, 0.2) is 0 Å². The van der Waals surface area contributed by atoms with Crippen molar-refractivity contribution in [3.8, 4) is 11.8 Å². The summed E-state index contributed by atoms with van der Waals surface area (Å²) < 4.78 is 6.00. The van der Waals surface area contributed by atoms with E-state index < -0.39 is 0 Å². The Morgan fingerprint density at radius 2 is 2.06 bits per heavy atom. The Kier molecular flexibility index (Phi) is 3.83. The van der Waals surface area contributed by atoms with Gasteiger partial charge in [-0.05, 0) is 33.7 Å². The molecule has 1 aromatic heterocycles. The molecule has 0 amide bonds. The molecule has 1 aliphatic rings. The second kappa shape index (κ2) is 5.36. The molecule has 0 saturated carbocycles. The Balaban J connectivity index is 2.16. The van der Waals surface area contributed by atoms with Crippen LogP contribution >= 0.6 is 0 Å². The lowest BCUT2D eigenvalue weighted by molar-refractivity contribution is 0.114. The first-order chi connectivity index (χ1) is 8.60. The lowest BCUT2D eigenvalue weighted by Gasteiger charge is -2.29. The predicted molar refractivity (Wildman–Crippen MR) is 69.6 cm³/mol. The number of pyridine rings is 1. The van der Waals surface area contributed by atoms with Gasteiger partial charge in [-0.15, -0.1) is 0 Å². The van der Waals surface area contributed by atoms with Crippen molar-refractivity contribution in [1.82, 2.24) is 9.88 Å². The van der Waals surface area contributed by atoms with E-state index >= 15 is 0 Å². The van der Waals surface area contributed by atoms with Gasteiger partial charge in [-0.2, -0.15) is 5.26 Å². The number of aryl methyl sites for hydroxylation is 2. The predicted octanol–water partition coefficient (Wildman–Crippen LogP) is 2.04. The number of aromatic nitrogens is 1. The maximum Gasteiger partial charge on any atom is 0.141 e. The van der Waals surface area contributed by atoms with Crippen LogP contribution in [0.15, 0.2) is 6.07 Å². The first kappa shape index (κ1) is 12.8. The molecule has 96 valence electrons. The fourth-order valence-corrected chi connectivity index (χ4v) is 2.30. The molecule has 1 aliphatic heterocycles. The molecular weight excluding hydrogens is 226 g/mol. The van der Waals surface area contributed by atoms with E-state index in [1.807, 2.05) is 19.9 Å². The Morgan fingerprint density at radius 3 is 2.67 bits per heavy atom. The van der Waals surface area contributed by atoms with E-state index in [1.54, 1.807) is 0 Å². The monoisotopic (exact) mass is 245 g/mol. The minimum absolute atomic E-state index is 0.217. The molecule has 2 heterocycles. The van der Waals surface area contributed by atoms with E-state index in [9.17, 15) is 5.26 Å². The second-order valence-corrected chi connectivity index (χ2v) is 4.95. The summed E-state index contributed by atoms with van der Waals surface area (Å²) in [6.07, 6.45) is 2.25. The molecule has 18 heavy (non-hydrogen) atoms. The van der Waals surface area contributed by atoms with Gasteiger partial charge in [-0.1, -0.05) is 0 Å². The number of rotatable bonds is 2. The molecule has 4 nitrogen and oxygen atoms in total. The van der Waals surface area contributed by atoms with Gasteiger partial charge in [0, 0.05) is 24.8 Å². The Labute approximate surface area is 108 Å². The lowest BCUT2D eigenvalue weighted by atomic mass is 10.1.